The third-order valence-electron chi connectivity index (χ3n) is 2.68. The van der Waals surface area contributed by atoms with Gasteiger partial charge < -0.3 is 9.22 Å². The number of benzene rings is 1. The summed E-state index contributed by atoms with van der Waals surface area (Å²) in [6.07, 6.45) is 0. The van der Waals surface area contributed by atoms with Crippen LogP contribution in [0.4, 0.5) is 0 Å². The quantitative estimate of drug-likeness (QED) is 0.421. The topological polar surface area (TPSA) is 26.3 Å². The van der Waals surface area contributed by atoms with E-state index in [1.807, 2.05) is 18.2 Å². The van der Waals surface area contributed by atoms with Crippen molar-refractivity contribution < 1.29 is 14.0 Å². The molecule has 0 unspecified atom stereocenters. The molecule has 106 valence electrons. The number of hydrogen-bond donors (Lipinski definition) is 0. The molecule has 0 fully saturated rings. The van der Waals surface area contributed by atoms with E-state index in [1.165, 1.54) is 0 Å². The fourth-order valence-corrected chi connectivity index (χ4v) is 2.34. The largest absolute Gasteiger partial charge is 0.456 e. The van der Waals surface area contributed by atoms with E-state index >= 15 is 0 Å². The summed E-state index contributed by atoms with van der Waals surface area (Å²) >= 11 is 6.83. The van der Waals surface area contributed by atoms with Crippen LogP contribution in [0.1, 0.15) is 21.5 Å². The van der Waals surface area contributed by atoms with E-state index < -0.39 is 0 Å². The van der Waals surface area contributed by atoms with Crippen LogP contribution in [0.2, 0.25) is 0 Å². The lowest BCUT2D eigenvalue weighted by Crippen LogP contribution is -2.38. The SMILES string of the molecule is C[N+](C)(C)CCOC(=O)c1ccc(CBr)cc1CBr. The lowest BCUT2D eigenvalue weighted by Gasteiger charge is -2.23. The summed E-state index contributed by atoms with van der Waals surface area (Å²) in [7, 11) is 6.22. The summed E-state index contributed by atoms with van der Waals surface area (Å²) in [4.78, 5) is 12.0. The molecule has 1 rings (SSSR count). The fraction of sp³-hybridized carbons (Fsp3) is 0.500. The van der Waals surface area contributed by atoms with Crippen molar-refractivity contribution in [2.24, 2.45) is 0 Å². The van der Waals surface area contributed by atoms with E-state index in [-0.39, 0.29) is 5.97 Å². The lowest BCUT2D eigenvalue weighted by molar-refractivity contribution is -0.870. The molecular weight excluding hydrogens is 374 g/mol. The van der Waals surface area contributed by atoms with Crippen molar-refractivity contribution in [2.75, 3.05) is 34.3 Å². The highest BCUT2D eigenvalue weighted by Gasteiger charge is 2.14. The van der Waals surface area contributed by atoms with Gasteiger partial charge in [-0.1, -0.05) is 44.0 Å². The molecule has 3 nitrogen and oxygen atoms in total. The van der Waals surface area contributed by atoms with Gasteiger partial charge in [0.15, 0.2) is 0 Å². The number of hydrogen-bond acceptors (Lipinski definition) is 2. The highest BCUT2D eigenvalue weighted by molar-refractivity contribution is 9.08. The molecule has 0 radical (unpaired) electrons. The van der Waals surface area contributed by atoms with Gasteiger partial charge in [0.2, 0.25) is 0 Å². The molecule has 0 N–H and O–H groups in total. The molecule has 0 spiro atoms. The van der Waals surface area contributed by atoms with Gasteiger partial charge in [-0.15, -0.1) is 0 Å². The Morgan fingerprint density at radius 1 is 1.21 bits per heavy atom. The maximum atomic E-state index is 12.0. The molecule has 0 bridgehead atoms. The second-order valence-electron chi connectivity index (χ2n) is 5.41. The van der Waals surface area contributed by atoms with E-state index in [2.05, 4.69) is 53.0 Å². The zero-order valence-electron chi connectivity index (χ0n) is 11.6. The van der Waals surface area contributed by atoms with Crippen LogP contribution in [0.3, 0.4) is 0 Å². The van der Waals surface area contributed by atoms with Gasteiger partial charge in [-0.25, -0.2) is 4.79 Å². The maximum absolute atomic E-state index is 12.0. The number of halogens is 2. The van der Waals surface area contributed by atoms with Gasteiger partial charge in [0.1, 0.15) is 13.2 Å². The highest BCUT2D eigenvalue weighted by Crippen LogP contribution is 2.18. The molecule has 0 saturated carbocycles. The van der Waals surface area contributed by atoms with Crippen LogP contribution >= 0.6 is 31.9 Å². The number of carbonyl (C=O) groups excluding carboxylic acids is 1. The second kappa shape index (κ2) is 7.41. The summed E-state index contributed by atoms with van der Waals surface area (Å²) in [5.41, 5.74) is 2.76. The number of esters is 1. The van der Waals surface area contributed by atoms with E-state index in [0.717, 1.165) is 27.5 Å². The molecule has 1 aromatic carbocycles. The number of quaternary nitrogens is 1. The van der Waals surface area contributed by atoms with Crippen molar-refractivity contribution in [3.63, 3.8) is 0 Å². The molecule has 1 aromatic rings. The van der Waals surface area contributed by atoms with Crippen LogP contribution in [-0.4, -0.2) is 44.7 Å². The van der Waals surface area contributed by atoms with Crippen LogP contribution < -0.4 is 0 Å². The first-order valence-electron chi connectivity index (χ1n) is 6.08. The molecule has 0 aliphatic carbocycles. The molecule has 19 heavy (non-hydrogen) atoms. The first-order chi connectivity index (χ1) is 8.87. The Morgan fingerprint density at radius 2 is 1.89 bits per heavy atom. The Balaban J connectivity index is 2.71. The average Bonchev–Trinajstić information content (AvgIpc) is 2.36. The number of carbonyl (C=O) groups is 1. The second-order valence-corrected chi connectivity index (χ2v) is 6.53. The van der Waals surface area contributed by atoms with E-state index in [1.54, 1.807) is 0 Å². The Morgan fingerprint density at radius 3 is 2.42 bits per heavy atom. The summed E-state index contributed by atoms with van der Waals surface area (Å²) in [6.45, 7) is 1.24. The van der Waals surface area contributed by atoms with Gasteiger partial charge in [-0.05, 0) is 17.2 Å². The molecule has 0 atom stereocenters. The van der Waals surface area contributed by atoms with E-state index in [0.29, 0.717) is 17.5 Å². The summed E-state index contributed by atoms with van der Waals surface area (Å²) < 4.78 is 6.11. The Hall–Kier alpha value is -0.390. The van der Waals surface area contributed by atoms with Gasteiger partial charge in [0.25, 0.3) is 0 Å². The zero-order valence-corrected chi connectivity index (χ0v) is 14.8. The molecule has 0 aromatic heterocycles. The predicted molar refractivity (Wildman–Crippen MR) is 84.9 cm³/mol. The van der Waals surface area contributed by atoms with E-state index in [9.17, 15) is 4.79 Å². The van der Waals surface area contributed by atoms with Crippen molar-refractivity contribution in [2.45, 2.75) is 10.7 Å². The summed E-state index contributed by atoms with van der Waals surface area (Å²) in [6, 6.07) is 5.79. The fourth-order valence-electron chi connectivity index (χ4n) is 1.53. The third-order valence-corrected chi connectivity index (χ3v) is 3.93. The summed E-state index contributed by atoms with van der Waals surface area (Å²) in [5, 5.41) is 1.43. The normalized spacial score (nSPS) is 11.4. The Kier molecular flexibility index (Phi) is 6.50. The van der Waals surface area contributed by atoms with Crippen molar-refractivity contribution in [1.29, 1.82) is 0 Å². The smallest absolute Gasteiger partial charge is 0.338 e. The number of rotatable bonds is 6. The number of nitrogens with zero attached hydrogens (tertiary/aromatic N) is 1. The van der Waals surface area contributed by atoms with Gasteiger partial charge in [0.05, 0.1) is 26.7 Å². The van der Waals surface area contributed by atoms with E-state index in [4.69, 9.17) is 4.74 Å². The molecule has 0 heterocycles. The molecule has 0 saturated heterocycles. The first-order valence-corrected chi connectivity index (χ1v) is 8.33. The number of likely N-dealkylation sites (N-methyl/N-ethyl adjacent to an activating group) is 1. The molecule has 0 aliphatic heterocycles. The van der Waals surface area contributed by atoms with Crippen molar-refractivity contribution in [3.05, 3.63) is 34.9 Å². The minimum absolute atomic E-state index is 0.246. The number of ether oxygens (including phenoxy) is 1. The first kappa shape index (κ1) is 16.7. The number of alkyl halides is 2. The predicted octanol–water partition coefficient (Wildman–Crippen LogP) is 3.34. The third kappa shape index (κ3) is 5.63. The monoisotopic (exact) mass is 392 g/mol. The standard InChI is InChI=1S/C14H20Br2NO2/c1-17(2,3)6-7-19-14(18)13-5-4-11(9-15)8-12(13)10-16/h4-5,8H,6-7,9-10H2,1-3H3/q+1. The lowest BCUT2D eigenvalue weighted by atomic mass is 10.1. The maximum Gasteiger partial charge on any atom is 0.338 e. The Labute approximate surface area is 131 Å². The van der Waals surface area contributed by atoms with Crippen molar-refractivity contribution >= 4 is 37.8 Å². The van der Waals surface area contributed by atoms with Crippen LogP contribution in [0, 0.1) is 0 Å². The van der Waals surface area contributed by atoms with Crippen LogP contribution in [0.25, 0.3) is 0 Å². The van der Waals surface area contributed by atoms with Crippen molar-refractivity contribution in [1.82, 2.24) is 0 Å². The van der Waals surface area contributed by atoms with Gasteiger partial charge in [-0.3, -0.25) is 0 Å². The van der Waals surface area contributed by atoms with Crippen molar-refractivity contribution in [3.8, 4) is 0 Å². The Bertz CT molecular complexity index is 442. The molecule has 5 heteroatoms. The van der Waals surface area contributed by atoms with Gasteiger partial charge in [-0.2, -0.15) is 0 Å². The highest BCUT2D eigenvalue weighted by atomic mass is 79.9. The average molecular weight is 394 g/mol. The van der Waals surface area contributed by atoms with Crippen LogP contribution in [0.15, 0.2) is 18.2 Å². The van der Waals surface area contributed by atoms with Gasteiger partial charge >= 0.3 is 5.97 Å². The molecule has 0 amide bonds. The minimum atomic E-state index is -0.246. The van der Waals surface area contributed by atoms with Crippen LogP contribution in [0.5, 0.6) is 0 Å². The van der Waals surface area contributed by atoms with Gasteiger partial charge in [0, 0.05) is 10.7 Å². The zero-order chi connectivity index (χ0) is 14.5. The molecular formula is C14H20Br2NO2+. The summed E-state index contributed by atoms with van der Waals surface area (Å²) in [5.74, 6) is -0.246. The molecule has 0 aliphatic rings. The minimum Gasteiger partial charge on any atom is -0.456 e. The van der Waals surface area contributed by atoms with Crippen LogP contribution in [-0.2, 0) is 15.4 Å².